The minimum absolute atomic E-state index is 0.0484. The van der Waals surface area contributed by atoms with E-state index >= 15 is 0 Å². The summed E-state index contributed by atoms with van der Waals surface area (Å²) in [6.45, 7) is 0.235. The van der Waals surface area contributed by atoms with Crippen LogP contribution in [0.25, 0.3) is 0 Å². The fourth-order valence-corrected chi connectivity index (χ4v) is 2.90. The number of benzene rings is 1. The summed E-state index contributed by atoms with van der Waals surface area (Å²) in [7, 11) is 0. The van der Waals surface area contributed by atoms with Crippen LogP contribution in [0.5, 0.6) is 0 Å². The normalized spacial score (nSPS) is 12.2. The van der Waals surface area contributed by atoms with Crippen molar-refractivity contribution < 1.29 is 48.0 Å². The zero-order valence-corrected chi connectivity index (χ0v) is 18.9. The number of carboxylic acids is 2. The van der Waals surface area contributed by atoms with Crippen LogP contribution < -0.4 is 10.6 Å². The van der Waals surface area contributed by atoms with Crippen LogP contribution in [0.1, 0.15) is 42.5 Å². The van der Waals surface area contributed by atoms with E-state index < -0.39 is 48.5 Å². The van der Waals surface area contributed by atoms with Crippen LogP contribution in [-0.2, 0) is 23.9 Å². The highest BCUT2D eigenvalue weighted by Crippen LogP contribution is 2.12. The molecule has 11 nitrogen and oxygen atoms in total. The molecule has 0 radical (unpaired) electrons. The number of halogens is 2. The molecule has 4 N–H and O–H groups in total. The van der Waals surface area contributed by atoms with Crippen LogP contribution >= 0.6 is 22.6 Å². The van der Waals surface area contributed by atoms with Crippen molar-refractivity contribution in [3.8, 4) is 0 Å². The van der Waals surface area contributed by atoms with Crippen molar-refractivity contribution in [2.75, 3.05) is 6.54 Å². The molecule has 0 aromatic heterocycles. The van der Waals surface area contributed by atoms with Gasteiger partial charge in [-0.15, -0.1) is 0 Å². The Morgan fingerprint density at radius 2 is 1.88 bits per heavy atom. The molecular weight excluding hydrogens is 546 g/mol. The van der Waals surface area contributed by atoms with Crippen molar-refractivity contribution in [3.05, 3.63) is 33.1 Å². The Morgan fingerprint density at radius 3 is 2.47 bits per heavy atom. The van der Waals surface area contributed by atoms with Gasteiger partial charge in [0.1, 0.15) is 11.9 Å². The van der Waals surface area contributed by atoms with Gasteiger partial charge in [0.2, 0.25) is 6.29 Å². The number of amides is 2. The van der Waals surface area contributed by atoms with Gasteiger partial charge in [-0.3, -0.25) is 14.4 Å². The smallest absolute Gasteiger partial charge is 0.410 e. The number of aliphatic carboxylic acids is 2. The summed E-state index contributed by atoms with van der Waals surface area (Å²) >= 11 is 1.92. The molecule has 0 aliphatic rings. The Hall–Kier alpha value is -2.97. The molecule has 0 heterocycles. The van der Waals surface area contributed by atoms with E-state index in [2.05, 4.69) is 10.1 Å². The lowest BCUT2D eigenvalue weighted by Crippen LogP contribution is -2.42. The number of carbonyl (C=O) groups excluding carboxylic acids is 3. The molecule has 0 unspecified atom stereocenters. The number of hydrogen-bond acceptors (Lipinski definition) is 7. The first-order valence-electron chi connectivity index (χ1n) is 9.38. The summed E-state index contributed by atoms with van der Waals surface area (Å²) in [6, 6.07) is 2.70. The monoisotopic (exact) mass is 568 g/mol. The Labute approximate surface area is 195 Å². The van der Waals surface area contributed by atoms with Gasteiger partial charge in [0, 0.05) is 23.0 Å². The predicted octanol–water partition coefficient (Wildman–Crippen LogP) is 1.87. The van der Waals surface area contributed by atoms with E-state index in [-0.39, 0.29) is 31.4 Å². The van der Waals surface area contributed by atoms with Crippen LogP contribution in [0.4, 0.5) is 9.18 Å². The van der Waals surface area contributed by atoms with Gasteiger partial charge in [0.05, 0.1) is 5.56 Å². The summed E-state index contributed by atoms with van der Waals surface area (Å²) in [5.74, 6) is -3.91. The van der Waals surface area contributed by atoms with Gasteiger partial charge < -0.3 is 30.3 Å². The Kier molecular flexibility index (Phi) is 12.0. The molecule has 1 aromatic rings. The second-order valence-corrected chi connectivity index (χ2v) is 7.66. The second-order valence-electron chi connectivity index (χ2n) is 6.41. The Balaban J connectivity index is 2.43. The average Bonchev–Trinajstić information content (AvgIpc) is 2.70. The van der Waals surface area contributed by atoms with Gasteiger partial charge in [-0.2, -0.15) is 0 Å². The van der Waals surface area contributed by atoms with Crippen LogP contribution in [0.2, 0.25) is 0 Å². The van der Waals surface area contributed by atoms with Crippen molar-refractivity contribution in [2.45, 2.75) is 44.4 Å². The minimum atomic E-state index is -1.49. The summed E-state index contributed by atoms with van der Waals surface area (Å²) in [4.78, 5) is 56.1. The highest BCUT2D eigenvalue weighted by molar-refractivity contribution is 14.1. The van der Waals surface area contributed by atoms with E-state index in [1.165, 1.54) is 12.1 Å². The molecule has 0 aliphatic carbocycles. The fourth-order valence-electron chi connectivity index (χ4n) is 2.44. The lowest BCUT2D eigenvalue weighted by atomic mass is 10.1. The number of rotatable bonds is 14. The molecule has 32 heavy (non-hydrogen) atoms. The predicted molar refractivity (Wildman–Crippen MR) is 114 cm³/mol. The van der Waals surface area contributed by atoms with Gasteiger partial charge in [0.15, 0.2) is 0 Å². The molecule has 0 saturated heterocycles. The number of unbranched alkanes of at least 4 members (excludes halogenated alkanes) is 1. The van der Waals surface area contributed by atoms with E-state index in [1.54, 1.807) is 6.07 Å². The third-order valence-electron chi connectivity index (χ3n) is 4.01. The maximum Gasteiger partial charge on any atom is 0.410 e. The Bertz CT molecular complexity index is 837. The molecule has 1 rings (SSSR count). The van der Waals surface area contributed by atoms with Crippen LogP contribution in [0.15, 0.2) is 18.2 Å². The lowest BCUT2D eigenvalue weighted by Gasteiger charge is -2.18. The van der Waals surface area contributed by atoms with Gasteiger partial charge in [-0.05, 0) is 60.1 Å². The van der Waals surface area contributed by atoms with Crippen molar-refractivity contribution in [3.63, 3.8) is 0 Å². The number of ether oxygens (including phenoxy) is 2. The van der Waals surface area contributed by atoms with E-state index in [4.69, 9.17) is 14.9 Å². The highest BCUT2D eigenvalue weighted by atomic mass is 127. The number of carboxylic acid groups (broad SMARTS) is 2. The van der Waals surface area contributed by atoms with Gasteiger partial charge in [-0.1, -0.05) is 0 Å². The molecule has 0 bridgehead atoms. The lowest BCUT2D eigenvalue weighted by molar-refractivity contribution is -0.154. The van der Waals surface area contributed by atoms with Crippen molar-refractivity contribution in [1.29, 1.82) is 0 Å². The van der Waals surface area contributed by atoms with Crippen molar-refractivity contribution in [1.82, 2.24) is 10.6 Å². The molecule has 1 aromatic carbocycles. The summed E-state index contributed by atoms with van der Waals surface area (Å²) in [6.07, 6.45) is -2.58. The average molecular weight is 568 g/mol. The summed E-state index contributed by atoms with van der Waals surface area (Å²) < 4.78 is 23.9. The van der Waals surface area contributed by atoms with Crippen LogP contribution in [0.3, 0.4) is 0 Å². The third-order valence-corrected chi connectivity index (χ3v) is 4.68. The fraction of sp³-hybridized carbons (Fsp3) is 0.421. The quantitative estimate of drug-likeness (QED) is 0.113. The molecule has 2 atom stereocenters. The van der Waals surface area contributed by atoms with Gasteiger partial charge in [0.25, 0.3) is 12.4 Å². The molecule has 0 fully saturated rings. The third kappa shape index (κ3) is 10.4. The molecule has 176 valence electrons. The van der Waals surface area contributed by atoms with Gasteiger partial charge >= 0.3 is 18.0 Å². The van der Waals surface area contributed by atoms with Crippen molar-refractivity contribution >= 4 is 53.0 Å². The van der Waals surface area contributed by atoms with E-state index in [0.29, 0.717) is 16.4 Å². The Morgan fingerprint density at radius 1 is 1.16 bits per heavy atom. The molecule has 2 amide bonds. The van der Waals surface area contributed by atoms with Gasteiger partial charge in [-0.25, -0.2) is 14.0 Å². The number of hydrogen-bond donors (Lipinski definition) is 4. The first-order chi connectivity index (χ1) is 15.1. The molecule has 0 spiro atoms. The van der Waals surface area contributed by atoms with Crippen LogP contribution in [-0.4, -0.2) is 59.5 Å². The molecule has 13 heteroatoms. The van der Waals surface area contributed by atoms with E-state index in [9.17, 15) is 28.4 Å². The molecular formula is C19H22FIN2O9. The number of carbonyl (C=O) groups is 5. The first kappa shape index (κ1) is 27.1. The second kappa shape index (κ2) is 14.2. The molecule has 0 aliphatic heterocycles. The highest BCUT2D eigenvalue weighted by Gasteiger charge is 2.24. The molecule has 0 saturated carbocycles. The maximum atomic E-state index is 13.8. The van der Waals surface area contributed by atoms with E-state index in [0.717, 1.165) is 0 Å². The summed E-state index contributed by atoms with van der Waals surface area (Å²) in [5, 5.41) is 22.2. The largest absolute Gasteiger partial charge is 0.481 e. The van der Waals surface area contributed by atoms with Crippen LogP contribution in [0, 0.1) is 9.39 Å². The standard InChI is InChI=1S/C19H22FIN2O9/c20-13-9-11(21)4-5-12(13)17(27)22-8-2-1-3-16(31-10-24)32-19(30)23-14(18(28)29)6-7-15(25)26/h4-5,9-10,14,16H,1-3,6-8H2,(H,22,27)(H,23,30)(H,25,26)(H,28,29)/t14-,16-/m0/s1. The zero-order chi connectivity index (χ0) is 24.1. The van der Waals surface area contributed by atoms with Crippen molar-refractivity contribution in [2.24, 2.45) is 0 Å². The zero-order valence-electron chi connectivity index (χ0n) is 16.7. The first-order valence-corrected chi connectivity index (χ1v) is 10.5. The number of alkyl carbamates (subject to hydrolysis) is 1. The van der Waals surface area contributed by atoms with E-state index in [1.807, 2.05) is 27.9 Å². The SMILES string of the molecule is O=CO[C@H](CCCCNC(=O)c1ccc(I)cc1F)OC(=O)N[C@@H](CCC(=O)O)C(=O)O. The maximum absolute atomic E-state index is 13.8. The summed E-state index contributed by atoms with van der Waals surface area (Å²) in [5.41, 5.74) is -0.0940. The topological polar surface area (TPSA) is 168 Å². The number of nitrogens with one attached hydrogen (secondary N) is 2. The minimum Gasteiger partial charge on any atom is -0.481 e.